The molecule has 162 valence electrons. The molecule has 0 unspecified atom stereocenters. The second-order valence-corrected chi connectivity index (χ2v) is 6.79. The fraction of sp³-hybridized carbons (Fsp3) is 0.238. The maximum absolute atomic E-state index is 5.32. The monoisotopic (exact) mass is 532 g/mol. The molecule has 10 heteroatoms. The lowest BCUT2D eigenvalue weighted by molar-refractivity contribution is 0.477. The molecule has 0 bridgehead atoms. The summed E-state index contributed by atoms with van der Waals surface area (Å²) in [6.45, 7) is 1.37. The molecule has 3 heterocycles. The lowest BCUT2D eigenvalue weighted by atomic mass is 10.3. The van der Waals surface area contributed by atoms with E-state index in [2.05, 4.69) is 35.5 Å². The Morgan fingerprint density at radius 3 is 2.81 bits per heavy atom. The van der Waals surface area contributed by atoms with Gasteiger partial charge in [-0.05, 0) is 24.3 Å². The maximum Gasteiger partial charge on any atom is 0.216 e. The Balaban J connectivity index is 0.00000272. The van der Waals surface area contributed by atoms with E-state index < -0.39 is 0 Å². The molecule has 31 heavy (non-hydrogen) atoms. The topological polar surface area (TPSA) is 100 Å². The number of nitrogens with one attached hydrogen (secondary N) is 2. The van der Waals surface area contributed by atoms with Crippen LogP contribution in [0.2, 0.25) is 0 Å². The van der Waals surface area contributed by atoms with E-state index in [9.17, 15) is 0 Å². The maximum atomic E-state index is 5.32. The number of aromatic amines is 1. The van der Waals surface area contributed by atoms with Crippen LogP contribution in [-0.4, -0.2) is 56.5 Å². The summed E-state index contributed by atoms with van der Waals surface area (Å²) in [6, 6.07) is 13.7. The second-order valence-electron chi connectivity index (χ2n) is 6.79. The van der Waals surface area contributed by atoms with Gasteiger partial charge >= 0.3 is 0 Å². The number of H-pyrrole nitrogens is 1. The Kier molecular flexibility index (Phi) is 7.82. The molecular weight excluding hydrogens is 507 g/mol. The van der Waals surface area contributed by atoms with E-state index in [1.807, 2.05) is 66.6 Å². The van der Waals surface area contributed by atoms with E-state index in [4.69, 9.17) is 4.42 Å². The summed E-state index contributed by atoms with van der Waals surface area (Å²) in [6.07, 6.45) is 6.20. The average Bonchev–Trinajstić information content (AvgIpc) is 3.53. The predicted molar refractivity (Wildman–Crippen MR) is 130 cm³/mol. The van der Waals surface area contributed by atoms with Crippen molar-refractivity contribution in [1.82, 2.24) is 35.2 Å². The van der Waals surface area contributed by atoms with E-state index in [-0.39, 0.29) is 24.0 Å². The van der Waals surface area contributed by atoms with Crippen molar-refractivity contribution in [2.75, 3.05) is 20.6 Å². The third-order valence-electron chi connectivity index (χ3n) is 4.57. The van der Waals surface area contributed by atoms with Gasteiger partial charge in [-0.25, -0.2) is 9.67 Å². The van der Waals surface area contributed by atoms with E-state index in [1.54, 1.807) is 13.3 Å². The fourth-order valence-corrected chi connectivity index (χ4v) is 3.11. The quantitative estimate of drug-likeness (QED) is 0.216. The molecule has 9 nitrogen and oxygen atoms in total. The van der Waals surface area contributed by atoms with Crippen LogP contribution in [0.15, 0.2) is 70.5 Å². The van der Waals surface area contributed by atoms with Crippen molar-refractivity contribution in [2.24, 2.45) is 4.99 Å². The van der Waals surface area contributed by atoms with Crippen molar-refractivity contribution < 1.29 is 4.42 Å². The lowest BCUT2D eigenvalue weighted by Crippen LogP contribution is -2.39. The summed E-state index contributed by atoms with van der Waals surface area (Å²) < 4.78 is 7.19. The number of benzene rings is 1. The Labute approximate surface area is 197 Å². The highest BCUT2D eigenvalue weighted by molar-refractivity contribution is 14.0. The van der Waals surface area contributed by atoms with Gasteiger partial charge in [0, 0.05) is 45.4 Å². The highest BCUT2D eigenvalue weighted by Crippen LogP contribution is 2.14. The molecule has 0 saturated heterocycles. The number of hydrogen-bond acceptors (Lipinski definition) is 5. The van der Waals surface area contributed by atoms with Gasteiger partial charge in [0.15, 0.2) is 11.7 Å². The molecule has 2 N–H and O–H groups in total. The zero-order valence-corrected chi connectivity index (χ0v) is 19.7. The number of aromatic nitrogens is 5. The standard InChI is InChI=1S/C21H24N8O.HI/c1-22-21(23-11-10-19-25-20(27-26-19)18-9-6-12-30-18)28(2)14-16-13-24-29(15-16)17-7-4-3-5-8-17;/h3-9,12-13,15H,10-11,14H2,1-2H3,(H,22,23)(H,25,26,27);1H. The number of furan rings is 1. The Bertz CT molecular complexity index is 1090. The first-order valence-corrected chi connectivity index (χ1v) is 9.69. The SMILES string of the molecule is CN=C(NCCc1nc(-c2ccco2)n[nH]1)N(C)Cc1cnn(-c2ccccc2)c1.I. The van der Waals surface area contributed by atoms with Gasteiger partial charge in [-0.3, -0.25) is 10.1 Å². The number of rotatable bonds is 7. The number of nitrogens with zero attached hydrogens (tertiary/aromatic N) is 6. The van der Waals surface area contributed by atoms with Crippen LogP contribution in [0.5, 0.6) is 0 Å². The van der Waals surface area contributed by atoms with Crippen molar-refractivity contribution in [3.8, 4) is 17.3 Å². The molecule has 0 aliphatic rings. The van der Waals surface area contributed by atoms with Gasteiger partial charge in [0.25, 0.3) is 0 Å². The van der Waals surface area contributed by atoms with Crippen molar-refractivity contribution >= 4 is 29.9 Å². The highest BCUT2D eigenvalue weighted by atomic mass is 127. The third kappa shape index (κ3) is 5.72. The average molecular weight is 532 g/mol. The van der Waals surface area contributed by atoms with Crippen LogP contribution in [0, 0.1) is 0 Å². The van der Waals surface area contributed by atoms with Gasteiger partial charge in [0.1, 0.15) is 5.82 Å². The van der Waals surface area contributed by atoms with Gasteiger partial charge in [0.2, 0.25) is 5.82 Å². The van der Waals surface area contributed by atoms with Crippen LogP contribution in [0.3, 0.4) is 0 Å². The van der Waals surface area contributed by atoms with Crippen molar-refractivity contribution in [3.05, 3.63) is 72.5 Å². The molecule has 4 aromatic rings. The van der Waals surface area contributed by atoms with Crippen LogP contribution in [0.25, 0.3) is 17.3 Å². The van der Waals surface area contributed by atoms with Gasteiger partial charge in [-0.1, -0.05) is 18.2 Å². The van der Waals surface area contributed by atoms with E-state index in [1.165, 1.54) is 0 Å². The number of para-hydroxylation sites is 1. The molecule has 0 aliphatic carbocycles. The smallest absolute Gasteiger partial charge is 0.216 e. The molecule has 3 aromatic heterocycles. The zero-order chi connectivity index (χ0) is 20.8. The van der Waals surface area contributed by atoms with Crippen LogP contribution >= 0.6 is 24.0 Å². The van der Waals surface area contributed by atoms with Gasteiger partial charge in [-0.2, -0.15) is 10.2 Å². The largest absolute Gasteiger partial charge is 0.461 e. The summed E-state index contributed by atoms with van der Waals surface area (Å²) in [4.78, 5) is 10.9. The van der Waals surface area contributed by atoms with Crippen molar-refractivity contribution in [2.45, 2.75) is 13.0 Å². The predicted octanol–water partition coefficient (Wildman–Crippen LogP) is 3.12. The molecule has 0 aliphatic heterocycles. The summed E-state index contributed by atoms with van der Waals surface area (Å²) in [5, 5.41) is 14.9. The molecule has 0 spiro atoms. The van der Waals surface area contributed by atoms with Gasteiger partial charge in [0.05, 0.1) is 18.1 Å². The number of halogens is 1. The number of hydrogen-bond donors (Lipinski definition) is 2. The van der Waals surface area contributed by atoms with Crippen molar-refractivity contribution in [1.29, 1.82) is 0 Å². The molecule has 0 saturated carbocycles. The molecule has 0 atom stereocenters. The first kappa shape index (κ1) is 22.5. The van der Waals surface area contributed by atoms with Crippen molar-refractivity contribution in [3.63, 3.8) is 0 Å². The molecule has 0 fully saturated rings. The lowest BCUT2D eigenvalue weighted by Gasteiger charge is -2.21. The number of aliphatic imine (C=N–C) groups is 1. The van der Waals surface area contributed by atoms with Crippen LogP contribution in [0.4, 0.5) is 0 Å². The normalized spacial score (nSPS) is 11.2. The highest BCUT2D eigenvalue weighted by Gasteiger charge is 2.11. The minimum atomic E-state index is 0. The van der Waals surface area contributed by atoms with E-state index in [0.717, 1.165) is 23.0 Å². The molecule has 0 radical (unpaired) electrons. The van der Waals surface area contributed by atoms with Crippen LogP contribution in [0.1, 0.15) is 11.4 Å². The Hall–Kier alpha value is -3.15. The molecule has 0 amide bonds. The summed E-state index contributed by atoms with van der Waals surface area (Å²) in [7, 11) is 3.77. The van der Waals surface area contributed by atoms with E-state index >= 15 is 0 Å². The minimum absolute atomic E-state index is 0. The first-order chi connectivity index (χ1) is 14.7. The summed E-state index contributed by atoms with van der Waals surface area (Å²) >= 11 is 0. The number of guanidine groups is 1. The third-order valence-corrected chi connectivity index (χ3v) is 4.57. The van der Waals surface area contributed by atoms with Gasteiger partial charge < -0.3 is 14.6 Å². The fourth-order valence-electron chi connectivity index (χ4n) is 3.11. The van der Waals surface area contributed by atoms with E-state index in [0.29, 0.717) is 31.1 Å². The summed E-state index contributed by atoms with van der Waals surface area (Å²) in [5.74, 6) is 2.80. The second kappa shape index (κ2) is 10.8. The first-order valence-electron chi connectivity index (χ1n) is 9.69. The zero-order valence-electron chi connectivity index (χ0n) is 17.4. The minimum Gasteiger partial charge on any atom is -0.461 e. The Morgan fingerprint density at radius 1 is 1.23 bits per heavy atom. The molecular formula is C21H25IN8O. The Morgan fingerprint density at radius 2 is 2.06 bits per heavy atom. The molecule has 1 aromatic carbocycles. The van der Waals surface area contributed by atoms with Crippen LogP contribution < -0.4 is 5.32 Å². The summed E-state index contributed by atoms with van der Waals surface area (Å²) in [5.41, 5.74) is 2.14. The molecule has 4 rings (SSSR count). The van der Waals surface area contributed by atoms with Crippen LogP contribution in [-0.2, 0) is 13.0 Å². The van der Waals surface area contributed by atoms with Gasteiger partial charge in [-0.15, -0.1) is 24.0 Å².